The van der Waals surface area contributed by atoms with Crippen LogP contribution in [0, 0.1) is 0 Å². The molecule has 1 amide bonds. The number of ether oxygens (including phenoxy) is 1. The summed E-state index contributed by atoms with van der Waals surface area (Å²) in [4.78, 5) is 23.4. The second-order valence-electron chi connectivity index (χ2n) is 4.73. The maximum Gasteiger partial charge on any atom is 0.337 e. The van der Waals surface area contributed by atoms with Gasteiger partial charge in [0, 0.05) is 18.0 Å². The van der Waals surface area contributed by atoms with E-state index in [0.717, 1.165) is 5.76 Å². The third-order valence-corrected chi connectivity index (χ3v) is 3.03. The highest BCUT2D eigenvalue weighted by Gasteiger charge is 2.12. The highest BCUT2D eigenvalue weighted by atomic mass is 16.5. The van der Waals surface area contributed by atoms with Crippen LogP contribution in [0.4, 0.5) is 0 Å². The summed E-state index contributed by atoms with van der Waals surface area (Å²) in [6.45, 7) is 1.91. The lowest BCUT2D eigenvalue weighted by atomic mass is 10.1. The number of hydrogen-bond acceptors (Lipinski definition) is 4. The standard InChI is InChI=1S/C16H17NO4/c1-11(10-14-4-3-9-21-14)17-15(18)12-5-7-13(8-6-12)16(19)20-2/h3-9,11H,10H2,1-2H3,(H,17,18)/t11-/m1/s1. The Morgan fingerprint density at radius 3 is 2.43 bits per heavy atom. The predicted molar refractivity (Wildman–Crippen MR) is 77.1 cm³/mol. The molecule has 0 aliphatic heterocycles. The summed E-state index contributed by atoms with van der Waals surface area (Å²) in [7, 11) is 1.32. The monoisotopic (exact) mass is 287 g/mol. The molecule has 1 aromatic heterocycles. The van der Waals surface area contributed by atoms with Gasteiger partial charge in [0.05, 0.1) is 18.9 Å². The van der Waals surface area contributed by atoms with Crippen molar-refractivity contribution in [2.24, 2.45) is 0 Å². The molecule has 2 aromatic rings. The van der Waals surface area contributed by atoms with Crippen molar-refractivity contribution in [1.82, 2.24) is 5.32 Å². The number of hydrogen-bond donors (Lipinski definition) is 1. The fraction of sp³-hybridized carbons (Fsp3) is 0.250. The molecule has 0 aliphatic rings. The van der Waals surface area contributed by atoms with Gasteiger partial charge in [-0.3, -0.25) is 4.79 Å². The molecular weight excluding hydrogens is 270 g/mol. The third-order valence-electron chi connectivity index (χ3n) is 3.03. The van der Waals surface area contributed by atoms with E-state index in [9.17, 15) is 9.59 Å². The second-order valence-corrected chi connectivity index (χ2v) is 4.73. The summed E-state index contributed by atoms with van der Waals surface area (Å²) in [6, 6.07) is 9.96. The van der Waals surface area contributed by atoms with E-state index in [0.29, 0.717) is 17.5 Å². The van der Waals surface area contributed by atoms with Crippen LogP contribution < -0.4 is 5.32 Å². The molecule has 0 aliphatic carbocycles. The minimum atomic E-state index is -0.423. The van der Waals surface area contributed by atoms with Gasteiger partial charge >= 0.3 is 5.97 Å². The van der Waals surface area contributed by atoms with Crippen molar-refractivity contribution in [2.75, 3.05) is 7.11 Å². The van der Waals surface area contributed by atoms with Crippen LogP contribution in [0.5, 0.6) is 0 Å². The van der Waals surface area contributed by atoms with Crippen LogP contribution in [0.2, 0.25) is 0 Å². The average molecular weight is 287 g/mol. The molecule has 0 unspecified atom stereocenters. The second kappa shape index (κ2) is 6.74. The maximum atomic E-state index is 12.1. The first-order valence-corrected chi connectivity index (χ1v) is 6.61. The first-order chi connectivity index (χ1) is 10.1. The van der Waals surface area contributed by atoms with E-state index in [1.165, 1.54) is 7.11 Å². The van der Waals surface area contributed by atoms with Gasteiger partial charge in [0.25, 0.3) is 5.91 Å². The molecule has 0 spiro atoms. The molecule has 1 N–H and O–H groups in total. The van der Waals surface area contributed by atoms with Crippen LogP contribution in [-0.2, 0) is 11.2 Å². The molecule has 0 saturated heterocycles. The van der Waals surface area contributed by atoms with Crippen LogP contribution in [0.1, 0.15) is 33.4 Å². The van der Waals surface area contributed by atoms with Gasteiger partial charge in [-0.25, -0.2) is 4.79 Å². The zero-order chi connectivity index (χ0) is 15.2. The maximum absolute atomic E-state index is 12.1. The van der Waals surface area contributed by atoms with Gasteiger partial charge in [0.15, 0.2) is 0 Å². The lowest BCUT2D eigenvalue weighted by Crippen LogP contribution is -2.34. The highest BCUT2D eigenvalue weighted by Crippen LogP contribution is 2.08. The van der Waals surface area contributed by atoms with E-state index in [-0.39, 0.29) is 11.9 Å². The summed E-state index contributed by atoms with van der Waals surface area (Å²) in [5.74, 6) is 0.211. The molecule has 21 heavy (non-hydrogen) atoms. The molecule has 1 heterocycles. The predicted octanol–water partition coefficient (Wildman–Crippen LogP) is 2.43. The van der Waals surface area contributed by atoms with Gasteiger partial charge in [0.1, 0.15) is 5.76 Å². The number of amides is 1. The summed E-state index contributed by atoms with van der Waals surface area (Å²) in [5, 5.41) is 2.88. The molecule has 2 rings (SSSR count). The summed E-state index contributed by atoms with van der Waals surface area (Å²) in [6.07, 6.45) is 2.23. The van der Waals surface area contributed by atoms with Gasteiger partial charge in [0.2, 0.25) is 0 Å². The Balaban J connectivity index is 1.95. The number of carbonyl (C=O) groups excluding carboxylic acids is 2. The SMILES string of the molecule is COC(=O)c1ccc(C(=O)N[C@H](C)Cc2ccco2)cc1. The van der Waals surface area contributed by atoms with Gasteiger partial charge in [-0.15, -0.1) is 0 Å². The topological polar surface area (TPSA) is 68.5 Å². The van der Waals surface area contributed by atoms with Crippen molar-refractivity contribution in [1.29, 1.82) is 0 Å². The number of methoxy groups -OCH3 is 1. The van der Waals surface area contributed by atoms with Crippen molar-refractivity contribution < 1.29 is 18.7 Å². The molecule has 0 bridgehead atoms. The van der Waals surface area contributed by atoms with Gasteiger partial charge in [-0.1, -0.05) is 0 Å². The fourth-order valence-electron chi connectivity index (χ4n) is 1.96. The summed E-state index contributed by atoms with van der Waals surface area (Å²) < 4.78 is 9.85. The molecule has 1 aromatic carbocycles. The van der Waals surface area contributed by atoms with Crippen LogP contribution in [-0.4, -0.2) is 25.0 Å². The molecule has 5 heteroatoms. The van der Waals surface area contributed by atoms with E-state index < -0.39 is 5.97 Å². The molecule has 1 atom stereocenters. The lowest BCUT2D eigenvalue weighted by molar-refractivity contribution is 0.0600. The van der Waals surface area contributed by atoms with E-state index in [4.69, 9.17) is 4.42 Å². The van der Waals surface area contributed by atoms with Crippen LogP contribution in [0.15, 0.2) is 47.1 Å². The lowest BCUT2D eigenvalue weighted by Gasteiger charge is -2.12. The van der Waals surface area contributed by atoms with Crippen molar-refractivity contribution in [2.45, 2.75) is 19.4 Å². The number of esters is 1. The fourth-order valence-corrected chi connectivity index (χ4v) is 1.96. The molecule has 0 radical (unpaired) electrons. The minimum absolute atomic E-state index is 0.0519. The number of nitrogens with one attached hydrogen (secondary N) is 1. The first-order valence-electron chi connectivity index (χ1n) is 6.61. The Bertz CT molecular complexity index is 602. The van der Waals surface area contributed by atoms with Crippen LogP contribution >= 0.6 is 0 Å². The molecule has 0 fully saturated rings. The first kappa shape index (κ1) is 14.8. The zero-order valence-electron chi connectivity index (χ0n) is 12.0. The number of carbonyl (C=O) groups is 2. The summed E-state index contributed by atoms with van der Waals surface area (Å²) >= 11 is 0. The van der Waals surface area contributed by atoms with Crippen LogP contribution in [0.25, 0.3) is 0 Å². The quantitative estimate of drug-likeness (QED) is 0.858. The normalized spacial score (nSPS) is 11.7. The van der Waals surface area contributed by atoms with Gasteiger partial charge < -0.3 is 14.5 Å². The molecular formula is C16H17NO4. The number of benzene rings is 1. The highest BCUT2D eigenvalue weighted by molar-refractivity contribution is 5.96. The van der Waals surface area contributed by atoms with Gasteiger partial charge in [-0.2, -0.15) is 0 Å². The van der Waals surface area contributed by atoms with E-state index in [1.807, 2.05) is 19.1 Å². The average Bonchev–Trinajstić information content (AvgIpc) is 2.99. The Morgan fingerprint density at radius 1 is 1.19 bits per heavy atom. The Morgan fingerprint density at radius 2 is 1.86 bits per heavy atom. The van der Waals surface area contributed by atoms with E-state index >= 15 is 0 Å². The molecule has 110 valence electrons. The van der Waals surface area contributed by atoms with Crippen molar-refractivity contribution in [3.63, 3.8) is 0 Å². The summed E-state index contributed by atoms with van der Waals surface area (Å²) in [5.41, 5.74) is 0.909. The van der Waals surface area contributed by atoms with Gasteiger partial charge in [-0.05, 0) is 43.3 Å². The van der Waals surface area contributed by atoms with Crippen molar-refractivity contribution >= 4 is 11.9 Å². The molecule has 5 nitrogen and oxygen atoms in total. The van der Waals surface area contributed by atoms with E-state index in [1.54, 1.807) is 30.5 Å². The minimum Gasteiger partial charge on any atom is -0.469 e. The smallest absolute Gasteiger partial charge is 0.337 e. The number of rotatable bonds is 5. The number of furan rings is 1. The Hall–Kier alpha value is -2.56. The van der Waals surface area contributed by atoms with Crippen molar-refractivity contribution in [3.8, 4) is 0 Å². The Labute approximate surface area is 122 Å². The largest absolute Gasteiger partial charge is 0.469 e. The van der Waals surface area contributed by atoms with E-state index in [2.05, 4.69) is 10.1 Å². The van der Waals surface area contributed by atoms with Crippen molar-refractivity contribution in [3.05, 3.63) is 59.5 Å². The zero-order valence-corrected chi connectivity index (χ0v) is 12.0. The molecule has 0 saturated carbocycles. The third kappa shape index (κ3) is 3.95. The van der Waals surface area contributed by atoms with Crippen LogP contribution in [0.3, 0.4) is 0 Å². The Kier molecular flexibility index (Phi) is 4.77.